The van der Waals surface area contributed by atoms with Crippen molar-refractivity contribution in [3.05, 3.63) is 29.1 Å². The molecule has 4 N–H and O–H groups in total. The fourth-order valence-electron chi connectivity index (χ4n) is 4.10. The van der Waals surface area contributed by atoms with E-state index in [2.05, 4.69) is 15.6 Å². The summed E-state index contributed by atoms with van der Waals surface area (Å²) in [5, 5.41) is 24.6. The lowest BCUT2D eigenvalue weighted by molar-refractivity contribution is -0.119. The molecule has 1 aromatic rings. The maximum atomic E-state index is 12.2. The van der Waals surface area contributed by atoms with E-state index in [1.54, 1.807) is 11.8 Å². The smallest absolute Gasteiger partial charge is 0.355 e. The van der Waals surface area contributed by atoms with Gasteiger partial charge in [-0.2, -0.15) is 23.5 Å². The van der Waals surface area contributed by atoms with E-state index in [1.807, 2.05) is 18.7 Å². The number of carbonyl (C=O) groups is 4. The molecule has 0 bridgehead atoms. The molecule has 2 aliphatic rings. The normalized spacial score (nSPS) is 22.3. The lowest BCUT2D eigenvalue weighted by Crippen LogP contribution is -2.36. The van der Waals surface area contributed by atoms with Crippen molar-refractivity contribution in [1.29, 1.82) is 0 Å². The first-order valence-corrected chi connectivity index (χ1v) is 13.1. The summed E-state index contributed by atoms with van der Waals surface area (Å²) in [6.45, 7) is 1.91. The second kappa shape index (κ2) is 11.7. The number of pyridine rings is 1. The first-order valence-electron chi connectivity index (χ1n) is 11.0. The van der Waals surface area contributed by atoms with Crippen molar-refractivity contribution >= 4 is 47.3 Å². The number of urea groups is 1. The van der Waals surface area contributed by atoms with Crippen LogP contribution in [0.3, 0.4) is 0 Å². The molecule has 0 aromatic carbocycles. The predicted octanol–water partition coefficient (Wildman–Crippen LogP) is 3.35. The number of unbranched alkanes of at least 4 members (excludes halogenated alkanes) is 1. The molecule has 2 aliphatic heterocycles. The van der Waals surface area contributed by atoms with Gasteiger partial charge in [0.25, 0.3) is 0 Å². The fraction of sp³-hybridized carbons (Fsp3) is 0.591. The number of rotatable bonds is 13. The summed E-state index contributed by atoms with van der Waals surface area (Å²) in [5.74, 6) is -0.756. The largest absolute Gasteiger partial charge is 0.478 e. The van der Waals surface area contributed by atoms with Gasteiger partial charge in [-0.15, -0.1) is 0 Å². The number of amides is 2. The lowest BCUT2D eigenvalue weighted by Gasteiger charge is -2.16. The van der Waals surface area contributed by atoms with E-state index in [-0.39, 0.29) is 34.7 Å². The number of carboxylic acids is 2. The number of nitrogens with one attached hydrogen (secondary N) is 2. The summed E-state index contributed by atoms with van der Waals surface area (Å²) in [4.78, 5) is 49.8. The van der Waals surface area contributed by atoms with Crippen LogP contribution in [-0.2, 0) is 4.79 Å². The lowest BCUT2D eigenvalue weighted by atomic mass is 10.0. The van der Waals surface area contributed by atoms with Crippen LogP contribution in [0.5, 0.6) is 0 Å². The van der Waals surface area contributed by atoms with Gasteiger partial charge in [-0.25, -0.2) is 19.4 Å². The predicted molar refractivity (Wildman–Crippen MR) is 127 cm³/mol. The Kier molecular flexibility index (Phi) is 9.02. The summed E-state index contributed by atoms with van der Waals surface area (Å²) in [6.07, 6.45) is 6.05. The Morgan fingerprint density at radius 1 is 1.18 bits per heavy atom. The van der Waals surface area contributed by atoms with Gasteiger partial charge in [0, 0.05) is 35.3 Å². The van der Waals surface area contributed by atoms with E-state index < -0.39 is 17.6 Å². The Balaban J connectivity index is 1.31. The molecule has 11 heteroatoms. The maximum Gasteiger partial charge on any atom is 0.355 e. The van der Waals surface area contributed by atoms with E-state index in [4.69, 9.17) is 5.11 Å². The van der Waals surface area contributed by atoms with Gasteiger partial charge in [-0.05, 0) is 43.6 Å². The molecule has 33 heavy (non-hydrogen) atoms. The Bertz CT molecular complexity index is 912. The van der Waals surface area contributed by atoms with Gasteiger partial charge >= 0.3 is 18.0 Å². The van der Waals surface area contributed by atoms with E-state index in [0.29, 0.717) is 23.7 Å². The Labute approximate surface area is 200 Å². The third-order valence-corrected chi connectivity index (χ3v) is 8.72. The number of nitrogens with zero attached hydrogens (tertiary/aromatic N) is 1. The van der Waals surface area contributed by atoms with Gasteiger partial charge < -0.3 is 20.8 Å². The molecule has 2 amide bonds. The maximum absolute atomic E-state index is 12.2. The van der Waals surface area contributed by atoms with Crippen LogP contribution in [0.4, 0.5) is 4.79 Å². The summed E-state index contributed by atoms with van der Waals surface area (Å²) in [6, 6.07) is 1.72. The molecule has 0 saturated carbocycles. The molecule has 9 nitrogen and oxygen atoms in total. The summed E-state index contributed by atoms with van der Waals surface area (Å²) < 4.78 is 0. The fourth-order valence-corrected chi connectivity index (χ4v) is 6.63. The minimum Gasteiger partial charge on any atom is -0.478 e. The standard InChI is InChI=1S/C22H29N3O6S2/c1-12(13-9-15(20(27)28)18(21(29)30)23-10-13)32-8-4-6-14(26)5-2-3-7-17-19-16(11-33-17)24-22(31)25-19/h9-10,12,16-17,19H,2-8,11H2,1H3,(H,27,28)(H,29,30)(H2,24,25,31). The van der Waals surface area contributed by atoms with Crippen molar-refractivity contribution in [2.75, 3.05) is 11.5 Å². The molecule has 0 aliphatic carbocycles. The van der Waals surface area contributed by atoms with Gasteiger partial charge in [0.1, 0.15) is 5.78 Å². The van der Waals surface area contributed by atoms with Gasteiger partial charge in [0.05, 0.1) is 17.6 Å². The second-order valence-electron chi connectivity index (χ2n) is 8.30. The van der Waals surface area contributed by atoms with Crippen LogP contribution < -0.4 is 10.6 Å². The number of aromatic nitrogens is 1. The molecule has 0 spiro atoms. The van der Waals surface area contributed by atoms with Crippen molar-refractivity contribution in [3.63, 3.8) is 0 Å². The van der Waals surface area contributed by atoms with Crippen LogP contribution in [0, 0.1) is 0 Å². The number of aromatic carboxylic acids is 2. The summed E-state index contributed by atoms with van der Waals surface area (Å²) in [5.41, 5.74) is -0.139. The number of Topliss-reactive ketones (excluding diaryl/α,β-unsaturated/α-hetero) is 1. The van der Waals surface area contributed by atoms with Crippen molar-refractivity contribution in [1.82, 2.24) is 15.6 Å². The monoisotopic (exact) mass is 495 g/mol. The molecule has 1 aromatic heterocycles. The highest BCUT2D eigenvalue weighted by atomic mass is 32.2. The van der Waals surface area contributed by atoms with Crippen molar-refractivity contribution in [2.45, 2.75) is 68.0 Å². The van der Waals surface area contributed by atoms with Gasteiger partial charge in [0.2, 0.25) is 0 Å². The molecule has 3 heterocycles. The average Bonchev–Trinajstić information content (AvgIpc) is 3.32. The molecule has 4 unspecified atom stereocenters. The van der Waals surface area contributed by atoms with E-state index in [0.717, 1.165) is 37.2 Å². The highest BCUT2D eigenvalue weighted by Gasteiger charge is 2.42. The number of carbonyl (C=O) groups excluding carboxylic acids is 2. The van der Waals surface area contributed by atoms with Crippen LogP contribution in [-0.4, -0.2) is 67.8 Å². The van der Waals surface area contributed by atoms with Crippen molar-refractivity contribution < 1.29 is 29.4 Å². The van der Waals surface area contributed by atoms with Crippen LogP contribution in [0.15, 0.2) is 12.3 Å². The topological polar surface area (TPSA) is 146 Å². The van der Waals surface area contributed by atoms with Crippen LogP contribution in [0.2, 0.25) is 0 Å². The number of fused-ring (bicyclic) bond motifs is 1. The average molecular weight is 496 g/mol. The highest BCUT2D eigenvalue weighted by molar-refractivity contribution is 8.00. The third-order valence-electron chi connectivity index (χ3n) is 5.91. The molecule has 2 fully saturated rings. The van der Waals surface area contributed by atoms with E-state index >= 15 is 0 Å². The second-order valence-corrected chi connectivity index (χ2v) is 11.0. The molecule has 180 valence electrons. The number of carboxylic acid groups (broad SMARTS) is 2. The van der Waals surface area contributed by atoms with E-state index in [1.165, 1.54) is 12.3 Å². The van der Waals surface area contributed by atoms with Crippen molar-refractivity contribution in [3.8, 4) is 0 Å². The SMILES string of the molecule is CC(SCCCC(=O)CCCCC1SCC2NC(=O)NC21)c1cnc(C(=O)O)c(C(=O)O)c1. The number of thioether (sulfide) groups is 2. The molecule has 0 radical (unpaired) electrons. The van der Waals surface area contributed by atoms with Gasteiger partial charge in [-0.1, -0.05) is 6.42 Å². The Morgan fingerprint density at radius 3 is 2.67 bits per heavy atom. The Morgan fingerprint density at radius 2 is 1.94 bits per heavy atom. The Hall–Kier alpha value is -2.27. The third kappa shape index (κ3) is 6.86. The van der Waals surface area contributed by atoms with Crippen molar-refractivity contribution in [2.24, 2.45) is 0 Å². The minimum atomic E-state index is -1.37. The van der Waals surface area contributed by atoms with Gasteiger partial charge in [0.15, 0.2) is 5.69 Å². The number of hydrogen-bond acceptors (Lipinski definition) is 7. The zero-order chi connectivity index (χ0) is 24.0. The quantitative estimate of drug-likeness (QED) is 0.239. The van der Waals surface area contributed by atoms with Gasteiger partial charge in [-0.3, -0.25) is 4.79 Å². The number of hydrogen-bond donors (Lipinski definition) is 4. The zero-order valence-electron chi connectivity index (χ0n) is 18.4. The minimum absolute atomic E-state index is 0.0631. The molecule has 2 saturated heterocycles. The summed E-state index contributed by atoms with van der Waals surface area (Å²) in [7, 11) is 0. The van der Waals surface area contributed by atoms with Crippen LogP contribution in [0.1, 0.15) is 77.1 Å². The zero-order valence-corrected chi connectivity index (χ0v) is 20.0. The molecule has 4 atom stereocenters. The highest BCUT2D eigenvalue weighted by Crippen LogP contribution is 2.33. The first kappa shape index (κ1) is 25.4. The van der Waals surface area contributed by atoms with Crippen LogP contribution >= 0.6 is 23.5 Å². The van der Waals surface area contributed by atoms with E-state index in [9.17, 15) is 24.3 Å². The molecule has 3 rings (SSSR count). The first-order chi connectivity index (χ1) is 15.8. The molecular weight excluding hydrogens is 466 g/mol. The summed E-state index contributed by atoms with van der Waals surface area (Å²) >= 11 is 3.47. The van der Waals surface area contributed by atoms with Crippen LogP contribution in [0.25, 0.3) is 0 Å². The number of ketones is 1. The molecular formula is C22H29N3O6S2.